The SMILES string of the molecule is Cc1cc(C2C3CC4CC(C3)CC2C4)nc(NN)n1. The van der Waals surface area contributed by atoms with Crippen molar-refractivity contribution in [2.24, 2.45) is 29.5 Å². The summed E-state index contributed by atoms with van der Waals surface area (Å²) in [5.74, 6) is 10.4. The zero-order chi connectivity index (χ0) is 13.0. The van der Waals surface area contributed by atoms with Crippen LogP contribution in [0.25, 0.3) is 0 Å². The first-order valence-corrected chi connectivity index (χ1v) is 7.55. The van der Waals surface area contributed by atoms with Crippen molar-refractivity contribution in [2.75, 3.05) is 5.43 Å². The highest BCUT2D eigenvalue weighted by atomic mass is 15.3. The number of aryl methyl sites for hydroxylation is 1. The Morgan fingerprint density at radius 1 is 1.05 bits per heavy atom. The second kappa shape index (κ2) is 4.17. The van der Waals surface area contributed by atoms with Crippen molar-refractivity contribution < 1.29 is 0 Å². The maximum atomic E-state index is 5.49. The van der Waals surface area contributed by atoms with E-state index in [1.54, 1.807) is 0 Å². The van der Waals surface area contributed by atoms with Gasteiger partial charge in [-0.3, -0.25) is 5.43 Å². The van der Waals surface area contributed by atoms with Gasteiger partial charge in [0.1, 0.15) is 0 Å². The average molecular weight is 258 g/mol. The number of nitrogens with two attached hydrogens (primary N) is 1. The number of hydrogen-bond donors (Lipinski definition) is 2. The summed E-state index contributed by atoms with van der Waals surface area (Å²) in [6.45, 7) is 2.03. The Hall–Kier alpha value is -1.16. The van der Waals surface area contributed by atoms with Crippen LogP contribution in [0, 0.1) is 30.6 Å². The fourth-order valence-corrected chi connectivity index (χ4v) is 5.24. The molecule has 4 fully saturated rings. The highest BCUT2D eigenvalue weighted by Crippen LogP contribution is 2.59. The van der Waals surface area contributed by atoms with Gasteiger partial charge in [-0.1, -0.05) is 0 Å². The van der Waals surface area contributed by atoms with E-state index in [1.807, 2.05) is 6.92 Å². The van der Waals surface area contributed by atoms with Crippen molar-refractivity contribution in [3.8, 4) is 0 Å². The Balaban J connectivity index is 1.70. The Labute approximate surface area is 114 Å². The second-order valence-electron chi connectivity index (χ2n) is 6.86. The smallest absolute Gasteiger partial charge is 0.237 e. The summed E-state index contributed by atoms with van der Waals surface area (Å²) in [6, 6.07) is 2.17. The molecule has 4 heteroatoms. The van der Waals surface area contributed by atoms with Crippen LogP contribution in [0.4, 0.5) is 5.95 Å². The van der Waals surface area contributed by atoms with E-state index in [2.05, 4.69) is 21.5 Å². The number of nitrogens with zero attached hydrogens (tertiary/aromatic N) is 2. The number of rotatable bonds is 2. The van der Waals surface area contributed by atoms with Crippen molar-refractivity contribution in [3.63, 3.8) is 0 Å². The second-order valence-corrected chi connectivity index (χ2v) is 6.86. The molecule has 4 bridgehead atoms. The molecule has 0 aliphatic heterocycles. The quantitative estimate of drug-likeness (QED) is 0.632. The van der Waals surface area contributed by atoms with Crippen LogP contribution >= 0.6 is 0 Å². The molecule has 0 amide bonds. The maximum absolute atomic E-state index is 5.49. The molecular weight excluding hydrogens is 236 g/mol. The van der Waals surface area contributed by atoms with Crippen molar-refractivity contribution in [1.82, 2.24) is 9.97 Å². The monoisotopic (exact) mass is 258 g/mol. The summed E-state index contributed by atoms with van der Waals surface area (Å²) < 4.78 is 0. The van der Waals surface area contributed by atoms with Gasteiger partial charge in [-0.15, -0.1) is 0 Å². The van der Waals surface area contributed by atoms with Gasteiger partial charge in [-0.25, -0.2) is 15.8 Å². The highest BCUT2D eigenvalue weighted by molar-refractivity contribution is 5.29. The van der Waals surface area contributed by atoms with E-state index >= 15 is 0 Å². The lowest BCUT2D eigenvalue weighted by Crippen LogP contribution is -2.44. The maximum Gasteiger partial charge on any atom is 0.237 e. The lowest BCUT2D eigenvalue weighted by atomic mass is 9.51. The van der Waals surface area contributed by atoms with E-state index in [0.717, 1.165) is 29.4 Å². The van der Waals surface area contributed by atoms with E-state index in [9.17, 15) is 0 Å². The van der Waals surface area contributed by atoms with Crippen LogP contribution in [0.1, 0.15) is 49.4 Å². The molecule has 1 heterocycles. The zero-order valence-electron chi connectivity index (χ0n) is 11.5. The average Bonchev–Trinajstić information content (AvgIpc) is 2.36. The first-order chi connectivity index (χ1) is 9.22. The van der Waals surface area contributed by atoms with Crippen molar-refractivity contribution >= 4 is 5.95 Å². The van der Waals surface area contributed by atoms with Crippen molar-refractivity contribution in [3.05, 3.63) is 17.5 Å². The molecule has 0 radical (unpaired) electrons. The van der Waals surface area contributed by atoms with E-state index in [1.165, 1.54) is 37.8 Å². The summed E-state index contributed by atoms with van der Waals surface area (Å²) in [6.07, 6.45) is 7.19. The molecule has 102 valence electrons. The molecule has 19 heavy (non-hydrogen) atoms. The lowest BCUT2D eigenvalue weighted by Gasteiger charge is -2.54. The van der Waals surface area contributed by atoms with Crippen LogP contribution < -0.4 is 11.3 Å². The van der Waals surface area contributed by atoms with Crippen LogP contribution in [0.15, 0.2) is 6.07 Å². The minimum atomic E-state index is 0.573. The first kappa shape index (κ1) is 11.6. The summed E-state index contributed by atoms with van der Waals surface area (Å²) in [5.41, 5.74) is 4.86. The molecule has 1 aromatic rings. The van der Waals surface area contributed by atoms with Gasteiger partial charge in [-0.05, 0) is 68.8 Å². The predicted molar refractivity (Wildman–Crippen MR) is 74.4 cm³/mol. The molecule has 0 saturated heterocycles. The van der Waals surface area contributed by atoms with Gasteiger partial charge in [0.25, 0.3) is 0 Å². The third kappa shape index (κ3) is 1.84. The third-order valence-electron chi connectivity index (χ3n) is 5.57. The van der Waals surface area contributed by atoms with Gasteiger partial charge in [0, 0.05) is 17.3 Å². The lowest BCUT2D eigenvalue weighted by molar-refractivity contribution is -0.00416. The Morgan fingerprint density at radius 3 is 2.26 bits per heavy atom. The molecule has 0 spiro atoms. The number of nitrogens with one attached hydrogen (secondary N) is 1. The minimum absolute atomic E-state index is 0.573. The van der Waals surface area contributed by atoms with Crippen LogP contribution in [0.2, 0.25) is 0 Å². The van der Waals surface area contributed by atoms with Crippen molar-refractivity contribution in [1.29, 1.82) is 0 Å². The molecule has 4 aliphatic rings. The van der Waals surface area contributed by atoms with E-state index in [0.29, 0.717) is 11.9 Å². The van der Waals surface area contributed by atoms with Gasteiger partial charge >= 0.3 is 0 Å². The van der Waals surface area contributed by atoms with Gasteiger partial charge in [0.05, 0.1) is 0 Å². The molecule has 5 rings (SSSR count). The van der Waals surface area contributed by atoms with Crippen molar-refractivity contribution in [2.45, 2.75) is 44.9 Å². The Kier molecular flexibility index (Phi) is 2.56. The number of hydrazine groups is 1. The summed E-state index contributed by atoms with van der Waals surface area (Å²) >= 11 is 0. The number of nitrogen functional groups attached to an aromatic ring is 1. The highest BCUT2D eigenvalue weighted by Gasteiger charge is 2.49. The zero-order valence-corrected chi connectivity index (χ0v) is 11.5. The molecule has 3 N–H and O–H groups in total. The molecule has 0 unspecified atom stereocenters. The number of hydrogen-bond acceptors (Lipinski definition) is 4. The molecule has 0 atom stereocenters. The predicted octanol–water partition coefficient (Wildman–Crippen LogP) is 2.61. The van der Waals surface area contributed by atoms with E-state index < -0.39 is 0 Å². The Morgan fingerprint density at radius 2 is 1.68 bits per heavy atom. The van der Waals surface area contributed by atoms with Gasteiger partial charge in [0.2, 0.25) is 5.95 Å². The van der Waals surface area contributed by atoms with Crippen LogP contribution in [0.3, 0.4) is 0 Å². The number of aromatic nitrogens is 2. The largest absolute Gasteiger partial charge is 0.292 e. The molecule has 4 saturated carbocycles. The standard InChI is InChI=1S/C15H22N4/c1-8-2-13(18-15(17-8)19-16)14-11-4-9-3-10(6-11)7-12(14)5-9/h2,9-12,14H,3-7,16H2,1H3,(H,17,18,19). The minimum Gasteiger partial charge on any atom is -0.292 e. The van der Waals surface area contributed by atoms with Crippen LogP contribution in [-0.4, -0.2) is 9.97 Å². The molecule has 1 aromatic heterocycles. The molecule has 0 aromatic carbocycles. The fourth-order valence-electron chi connectivity index (χ4n) is 5.24. The Bertz CT molecular complexity index is 471. The summed E-state index contributed by atoms with van der Waals surface area (Å²) in [7, 11) is 0. The van der Waals surface area contributed by atoms with Gasteiger partial charge in [-0.2, -0.15) is 0 Å². The van der Waals surface area contributed by atoms with Gasteiger partial charge < -0.3 is 0 Å². The van der Waals surface area contributed by atoms with Crippen LogP contribution in [-0.2, 0) is 0 Å². The normalized spacial score (nSPS) is 39.6. The van der Waals surface area contributed by atoms with Gasteiger partial charge in [0.15, 0.2) is 0 Å². The van der Waals surface area contributed by atoms with Crippen LogP contribution in [0.5, 0.6) is 0 Å². The molecular formula is C15H22N4. The van der Waals surface area contributed by atoms with E-state index in [-0.39, 0.29) is 0 Å². The first-order valence-electron chi connectivity index (χ1n) is 7.55. The molecule has 4 nitrogen and oxygen atoms in total. The fraction of sp³-hybridized carbons (Fsp3) is 0.733. The molecule has 4 aliphatic carbocycles. The topological polar surface area (TPSA) is 63.8 Å². The number of anilines is 1. The van der Waals surface area contributed by atoms with E-state index in [4.69, 9.17) is 5.84 Å². The summed E-state index contributed by atoms with van der Waals surface area (Å²) in [5, 5.41) is 0. The summed E-state index contributed by atoms with van der Waals surface area (Å²) in [4.78, 5) is 8.97. The third-order valence-corrected chi connectivity index (χ3v) is 5.57.